The molecule has 156 valence electrons. The van der Waals surface area contributed by atoms with Crippen molar-refractivity contribution in [2.24, 2.45) is 0 Å². The first-order valence-corrected chi connectivity index (χ1v) is 11.7. The Morgan fingerprint density at radius 2 is 1.79 bits per heavy atom. The van der Waals surface area contributed by atoms with Gasteiger partial charge in [0, 0.05) is 32.7 Å². The Kier molecular flexibility index (Phi) is 7.40. The fourth-order valence-electron chi connectivity index (χ4n) is 3.19. The third kappa shape index (κ3) is 6.34. The number of hydrogen-bond acceptors (Lipinski definition) is 4. The lowest BCUT2D eigenvalue weighted by Crippen LogP contribution is -2.52. The number of rotatable bonds is 6. The van der Waals surface area contributed by atoms with Gasteiger partial charge in [-0.2, -0.15) is 0 Å². The van der Waals surface area contributed by atoms with E-state index in [9.17, 15) is 13.2 Å². The highest BCUT2D eigenvalue weighted by Gasteiger charge is 2.33. The summed E-state index contributed by atoms with van der Waals surface area (Å²) in [7, 11) is -3.26. The quantitative estimate of drug-likeness (QED) is 0.701. The van der Waals surface area contributed by atoms with Crippen molar-refractivity contribution in [3.05, 3.63) is 69.7 Å². The standard InChI is InChI=1S/C20H23Cl2N3O3S/c21-18-7-6-16(10-19(18)22)13-25-8-9-29(27,28)17(14-25)12-24-20(26)23-11-15-4-2-1-3-5-15/h1-7,10,17H,8-9,11-14H2,(H2,23,24,26). The number of hydrogen-bond donors (Lipinski definition) is 2. The molecule has 9 heteroatoms. The van der Waals surface area contributed by atoms with Gasteiger partial charge in [-0.3, -0.25) is 4.90 Å². The molecule has 1 saturated heterocycles. The lowest BCUT2D eigenvalue weighted by atomic mass is 10.2. The van der Waals surface area contributed by atoms with Crippen molar-refractivity contribution in [1.82, 2.24) is 15.5 Å². The lowest BCUT2D eigenvalue weighted by Gasteiger charge is -2.32. The van der Waals surface area contributed by atoms with E-state index in [1.807, 2.05) is 36.4 Å². The third-order valence-corrected chi connectivity index (χ3v) is 7.66. The van der Waals surface area contributed by atoms with Crippen molar-refractivity contribution in [2.75, 3.05) is 25.4 Å². The molecule has 0 saturated carbocycles. The number of nitrogens with zero attached hydrogens (tertiary/aromatic N) is 1. The molecule has 0 bridgehead atoms. The summed E-state index contributed by atoms with van der Waals surface area (Å²) in [5, 5.41) is 5.74. The van der Waals surface area contributed by atoms with E-state index < -0.39 is 15.1 Å². The Labute approximate surface area is 181 Å². The Bertz CT molecular complexity index is 955. The minimum absolute atomic E-state index is 0.0618. The number of carbonyl (C=O) groups excluding carboxylic acids is 1. The minimum atomic E-state index is -3.26. The molecular weight excluding hydrogens is 433 g/mol. The summed E-state index contributed by atoms with van der Waals surface area (Å²) in [6.45, 7) is 1.82. The second-order valence-corrected chi connectivity index (χ2v) is 10.2. The molecule has 3 rings (SSSR count). The number of halogens is 2. The molecule has 0 aliphatic carbocycles. The Morgan fingerprint density at radius 3 is 2.52 bits per heavy atom. The molecule has 2 N–H and O–H groups in total. The molecule has 1 unspecified atom stereocenters. The number of sulfone groups is 1. The summed E-state index contributed by atoms with van der Waals surface area (Å²) in [4.78, 5) is 14.1. The fourth-order valence-corrected chi connectivity index (χ4v) is 5.14. The maximum absolute atomic E-state index is 12.4. The van der Waals surface area contributed by atoms with Gasteiger partial charge in [0.2, 0.25) is 0 Å². The number of benzene rings is 2. The van der Waals surface area contributed by atoms with Crippen LogP contribution < -0.4 is 10.6 Å². The van der Waals surface area contributed by atoms with Crippen molar-refractivity contribution < 1.29 is 13.2 Å². The molecule has 6 nitrogen and oxygen atoms in total. The predicted octanol–water partition coefficient (Wildman–Crippen LogP) is 3.09. The maximum atomic E-state index is 12.4. The van der Waals surface area contributed by atoms with Crippen LogP contribution in [0.1, 0.15) is 11.1 Å². The van der Waals surface area contributed by atoms with Crippen LogP contribution in [0.3, 0.4) is 0 Å². The van der Waals surface area contributed by atoms with Crippen molar-refractivity contribution >= 4 is 39.1 Å². The van der Waals surface area contributed by atoms with Crippen molar-refractivity contribution in [2.45, 2.75) is 18.3 Å². The summed E-state index contributed by atoms with van der Waals surface area (Å²) in [6, 6.07) is 14.5. The van der Waals surface area contributed by atoms with Crippen molar-refractivity contribution in [1.29, 1.82) is 0 Å². The average Bonchev–Trinajstić information content (AvgIpc) is 2.70. The van der Waals surface area contributed by atoms with E-state index in [0.717, 1.165) is 11.1 Å². The largest absolute Gasteiger partial charge is 0.337 e. The van der Waals surface area contributed by atoms with Gasteiger partial charge in [0.05, 0.1) is 21.0 Å². The topological polar surface area (TPSA) is 78.5 Å². The SMILES string of the molecule is O=C(NCc1ccccc1)NCC1CN(Cc2ccc(Cl)c(Cl)c2)CCS1(=O)=O. The molecule has 0 radical (unpaired) electrons. The lowest BCUT2D eigenvalue weighted by molar-refractivity contribution is 0.236. The smallest absolute Gasteiger partial charge is 0.315 e. The van der Waals surface area contributed by atoms with E-state index in [4.69, 9.17) is 23.2 Å². The van der Waals surface area contributed by atoms with Gasteiger partial charge >= 0.3 is 6.03 Å². The van der Waals surface area contributed by atoms with Crippen molar-refractivity contribution in [3.63, 3.8) is 0 Å². The fraction of sp³-hybridized carbons (Fsp3) is 0.350. The summed E-state index contributed by atoms with van der Waals surface area (Å²) in [6.07, 6.45) is 0. The van der Waals surface area contributed by atoms with Crippen LogP contribution in [0.25, 0.3) is 0 Å². The summed E-state index contributed by atoms with van der Waals surface area (Å²) in [5.41, 5.74) is 1.94. The second kappa shape index (κ2) is 9.80. The van der Waals surface area contributed by atoms with E-state index in [1.165, 1.54) is 0 Å². The third-order valence-electron chi connectivity index (χ3n) is 4.84. The molecule has 0 aromatic heterocycles. The Balaban J connectivity index is 1.52. The van der Waals surface area contributed by atoms with Crippen LogP contribution in [0.2, 0.25) is 10.0 Å². The molecule has 2 aromatic rings. The van der Waals surface area contributed by atoms with Crippen molar-refractivity contribution in [3.8, 4) is 0 Å². The highest BCUT2D eigenvalue weighted by atomic mass is 35.5. The molecule has 1 atom stereocenters. The first-order chi connectivity index (χ1) is 13.8. The monoisotopic (exact) mass is 455 g/mol. The average molecular weight is 456 g/mol. The zero-order chi connectivity index (χ0) is 20.9. The first kappa shape index (κ1) is 21.9. The van der Waals surface area contributed by atoms with Crippen LogP contribution in [0.15, 0.2) is 48.5 Å². The molecule has 29 heavy (non-hydrogen) atoms. The van der Waals surface area contributed by atoms with Gasteiger partial charge in [0.25, 0.3) is 0 Å². The molecule has 1 fully saturated rings. The van der Waals surface area contributed by atoms with Gasteiger partial charge in [0.15, 0.2) is 9.84 Å². The van der Waals surface area contributed by atoms with Gasteiger partial charge in [0.1, 0.15) is 0 Å². The van der Waals surface area contributed by atoms with Crippen LogP contribution >= 0.6 is 23.2 Å². The van der Waals surface area contributed by atoms with E-state index in [1.54, 1.807) is 12.1 Å². The Morgan fingerprint density at radius 1 is 1.03 bits per heavy atom. The zero-order valence-corrected chi connectivity index (χ0v) is 18.1. The molecule has 1 aliphatic heterocycles. The molecule has 1 aliphatic rings. The molecule has 2 aromatic carbocycles. The van der Waals surface area contributed by atoms with E-state index >= 15 is 0 Å². The normalized spacial score (nSPS) is 18.9. The van der Waals surface area contributed by atoms with E-state index in [0.29, 0.717) is 36.2 Å². The summed E-state index contributed by atoms with van der Waals surface area (Å²) in [5.74, 6) is 0.0618. The van der Waals surface area contributed by atoms with Gasteiger partial charge in [-0.1, -0.05) is 59.6 Å². The maximum Gasteiger partial charge on any atom is 0.315 e. The van der Waals surface area contributed by atoms with Crippen LogP contribution in [-0.2, 0) is 22.9 Å². The number of urea groups is 1. The van der Waals surface area contributed by atoms with Gasteiger partial charge < -0.3 is 10.6 Å². The molecular formula is C20H23Cl2N3O3S. The van der Waals surface area contributed by atoms with Crippen LogP contribution in [0.4, 0.5) is 4.79 Å². The molecule has 1 heterocycles. The molecule has 2 amide bonds. The number of amides is 2. The first-order valence-electron chi connectivity index (χ1n) is 9.27. The highest BCUT2D eigenvalue weighted by molar-refractivity contribution is 7.92. The van der Waals surface area contributed by atoms with Crippen LogP contribution in [0.5, 0.6) is 0 Å². The minimum Gasteiger partial charge on any atom is -0.337 e. The van der Waals surface area contributed by atoms with Gasteiger partial charge in [-0.05, 0) is 23.3 Å². The van der Waals surface area contributed by atoms with E-state index in [2.05, 4.69) is 15.5 Å². The van der Waals surface area contributed by atoms with Gasteiger partial charge in [-0.25, -0.2) is 13.2 Å². The number of nitrogens with one attached hydrogen (secondary N) is 2. The number of carbonyl (C=O) groups is 1. The summed E-state index contributed by atoms with van der Waals surface area (Å²) < 4.78 is 24.9. The van der Waals surface area contributed by atoms with Crippen LogP contribution in [0, 0.1) is 0 Å². The zero-order valence-electron chi connectivity index (χ0n) is 15.8. The second-order valence-electron chi connectivity index (χ2n) is 7.02. The van der Waals surface area contributed by atoms with Gasteiger partial charge in [-0.15, -0.1) is 0 Å². The Hall–Kier alpha value is -1.80. The molecule has 0 spiro atoms. The predicted molar refractivity (Wildman–Crippen MR) is 116 cm³/mol. The van der Waals surface area contributed by atoms with Crippen LogP contribution in [-0.4, -0.2) is 50.0 Å². The van der Waals surface area contributed by atoms with E-state index in [-0.39, 0.29) is 18.3 Å². The highest BCUT2D eigenvalue weighted by Crippen LogP contribution is 2.24. The summed E-state index contributed by atoms with van der Waals surface area (Å²) >= 11 is 12.0.